The number of carbonyl (C=O) groups is 1. The van der Waals surface area contributed by atoms with Gasteiger partial charge in [-0.05, 0) is 12.5 Å². The van der Waals surface area contributed by atoms with Crippen LogP contribution in [-0.4, -0.2) is 18.5 Å². The number of hydrogen-bond donors (Lipinski definition) is 1. The first-order chi connectivity index (χ1) is 8.13. The molecular weight excluding hydrogens is 275 g/mol. The molecule has 0 aliphatic rings. The molecule has 0 bridgehead atoms. The van der Waals surface area contributed by atoms with Gasteiger partial charge in [0.05, 0.1) is 0 Å². The number of halogens is 2. The zero-order chi connectivity index (χ0) is 12.9. The van der Waals surface area contributed by atoms with Crippen LogP contribution in [-0.2, 0) is 4.79 Å². The van der Waals surface area contributed by atoms with Gasteiger partial charge in [-0.1, -0.05) is 51.4 Å². The molecule has 0 saturated carbocycles. The van der Waals surface area contributed by atoms with Crippen LogP contribution < -0.4 is 0 Å². The molecule has 0 spiro atoms. The van der Waals surface area contributed by atoms with Gasteiger partial charge in [0.15, 0.2) is 0 Å². The Morgan fingerprint density at radius 3 is 1.65 bits per heavy atom. The van der Waals surface area contributed by atoms with E-state index in [0.29, 0.717) is 6.42 Å². The molecule has 5 heteroatoms. The summed E-state index contributed by atoms with van der Waals surface area (Å²) in [6.07, 6.45) is 10.9. The molecule has 0 aliphatic heterocycles. The van der Waals surface area contributed by atoms with Gasteiger partial charge in [-0.25, -0.2) is 0 Å². The molecule has 0 aliphatic carbocycles. The molecule has 2 nitrogen and oxygen atoms in total. The van der Waals surface area contributed by atoms with Crippen molar-refractivity contribution in [3.63, 3.8) is 0 Å². The standard InChI is InChI=1S/C12H24Cl2O2Si/c13-17(14)11-9-7-5-3-1-2-4-6-8-10-12(15)16/h17H,1-11H2,(H,15,16). The molecular formula is C12H24Cl2O2Si. The molecule has 0 unspecified atom stereocenters. The molecule has 0 radical (unpaired) electrons. The van der Waals surface area contributed by atoms with Gasteiger partial charge in [0.1, 0.15) is 0 Å². The molecule has 0 aromatic carbocycles. The Bertz CT molecular complexity index is 189. The fourth-order valence-electron chi connectivity index (χ4n) is 1.81. The molecule has 0 rings (SSSR count). The Morgan fingerprint density at radius 1 is 0.824 bits per heavy atom. The number of hydrogen-bond acceptors (Lipinski definition) is 1. The van der Waals surface area contributed by atoms with Crippen molar-refractivity contribution in [1.29, 1.82) is 0 Å². The summed E-state index contributed by atoms with van der Waals surface area (Å²) in [7, 11) is -1.36. The fraction of sp³-hybridized carbons (Fsp3) is 0.917. The van der Waals surface area contributed by atoms with Crippen molar-refractivity contribution in [2.75, 3.05) is 0 Å². The first kappa shape index (κ1) is 17.3. The fourth-order valence-corrected chi connectivity index (χ4v) is 3.34. The second-order valence-electron chi connectivity index (χ2n) is 4.51. The van der Waals surface area contributed by atoms with Gasteiger partial charge >= 0.3 is 5.97 Å². The van der Waals surface area contributed by atoms with Crippen LogP contribution in [0, 0.1) is 0 Å². The zero-order valence-electron chi connectivity index (χ0n) is 10.5. The van der Waals surface area contributed by atoms with Crippen LogP contribution in [0.2, 0.25) is 6.04 Å². The van der Waals surface area contributed by atoms with Gasteiger partial charge in [-0.3, -0.25) is 4.79 Å². The summed E-state index contributed by atoms with van der Waals surface area (Å²) in [5.74, 6) is -0.676. The smallest absolute Gasteiger partial charge is 0.303 e. The van der Waals surface area contributed by atoms with Gasteiger partial charge < -0.3 is 5.11 Å². The third kappa shape index (κ3) is 16.3. The minimum Gasteiger partial charge on any atom is -0.481 e. The van der Waals surface area contributed by atoms with Crippen LogP contribution in [0.3, 0.4) is 0 Å². The Morgan fingerprint density at radius 2 is 1.24 bits per heavy atom. The van der Waals surface area contributed by atoms with Crippen LogP contribution in [0.5, 0.6) is 0 Å². The first-order valence-electron chi connectivity index (χ1n) is 6.63. The lowest BCUT2D eigenvalue weighted by atomic mass is 10.1. The minimum absolute atomic E-state index is 0.321. The van der Waals surface area contributed by atoms with Crippen molar-refractivity contribution in [2.45, 2.75) is 70.3 Å². The number of rotatable bonds is 12. The predicted molar refractivity (Wildman–Crippen MR) is 77.5 cm³/mol. The van der Waals surface area contributed by atoms with Crippen molar-refractivity contribution in [3.05, 3.63) is 0 Å². The largest absolute Gasteiger partial charge is 0.481 e. The normalized spacial score (nSPS) is 11.0. The van der Waals surface area contributed by atoms with E-state index < -0.39 is 13.4 Å². The second kappa shape index (κ2) is 12.7. The summed E-state index contributed by atoms with van der Waals surface area (Å²) in [5, 5.41) is 8.46. The Kier molecular flexibility index (Phi) is 12.9. The molecule has 0 aromatic rings. The highest BCUT2D eigenvalue weighted by Gasteiger charge is 2.00. The lowest BCUT2D eigenvalue weighted by Gasteiger charge is -2.02. The molecule has 17 heavy (non-hydrogen) atoms. The number of aliphatic carboxylic acids is 1. The summed E-state index contributed by atoms with van der Waals surface area (Å²) in [6.45, 7) is 0. The maximum absolute atomic E-state index is 10.3. The van der Waals surface area contributed by atoms with Gasteiger partial charge in [0.25, 0.3) is 0 Å². The van der Waals surface area contributed by atoms with Gasteiger partial charge in [0, 0.05) is 6.42 Å². The third-order valence-electron chi connectivity index (χ3n) is 2.81. The van der Waals surface area contributed by atoms with E-state index in [9.17, 15) is 4.79 Å². The van der Waals surface area contributed by atoms with E-state index in [-0.39, 0.29) is 0 Å². The Hall–Kier alpha value is 0.267. The highest BCUT2D eigenvalue weighted by Crippen LogP contribution is 2.14. The van der Waals surface area contributed by atoms with E-state index in [1.165, 1.54) is 44.9 Å². The van der Waals surface area contributed by atoms with E-state index in [1.807, 2.05) is 0 Å². The van der Waals surface area contributed by atoms with E-state index in [2.05, 4.69) is 0 Å². The topological polar surface area (TPSA) is 37.3 Å². The van der Waals surface area contributed by atoms with Gasteiger partial charge in [0.2, 0.25) is 7.42 Å². The second-order valence-corrected chi connectivity index (χ2v) is 9.70. The summed E-state index contributed by atoms with van der Waals surface area (Å²) < 4.78 is 0. The van der Waals surface area contributed by atoms with E-state index in [0.717, 1.165) is 18.9 Å². The lowest BCUT2D eigenvalue weighted by Crippen LogP contribution is -1.93. The van der Waals surface area contributed by atoms with Crippen LogP contribution in [0.25, 0.3) is 0 Å². The van der Waals surface area contributed by atoms with Crippen LogP contribution in [0.4, 0.5) is 0 Å². The molecule has 0 amide bonds. The molecule has 0 fully saturated rings. The maximum Gasteiger partial charge on any atom is 0.303 e. The molecule has 0 saturated heterocycles. The molecule has 1 N–H and O–H groups in total. The van der Waals surface area contributed by atoms with Crippen molar-refractivity contribution in [3.8, 4) is 0 Å². The van der Waals surface area contributed by atoms with Crippen LogP contribution >= 0.6 is 22.2 Å². The summed E-state index contributed by atoms with van der Waals surface area (Å²) in [4.78, 5) is 10.3. The average Bonchev–Trinajstić information content (AvgIpc) is 2.25. The molecule has 0 heterocycles. The van der Waals surface area contributed by atoms with Crippen molar-refractivity contribution < 1.29 is 9.90 Å². The highest BCUT2D eigenvalue weighted by atomic mass is 35.7. The Labute approximate surface area is 116 Å². The summed E-state index contributed by atoms with van der Waals surface area (Å²) >= 11 is 11.5. The van der Waals surface area contributed by atoms with Gasteiger partial charge in [-0.15, -0.1) is 0 Å². The third-order valence-corrected chi connectivity index (χ3v) is 4.97. The quantitative estimate of drug-likeness (QED) is 0.323. The van der Waals surface area contributed by atoms with E-state index in [1.54, 1.807) is 0 Å². The van der Waals surface area contributed by atoms with Crippen molar-refractivity contribution in [1.82, 2.24) is 0 Å². The molecule has 0 atom stereocenters. The van der Waals surface area contributed by atoms with E-state index >= 15 is 0 Å². The van der Waals surface area contributed by atoms with Gasteiger partial charge in [-0.2, -0.15) is 22.2 Å². The SMILES string of the molecule is O=C(O)CCCCCCCCCCC[SiH](Cl)Cl. The predicted octanol–water partition coefficient (Wildman–Crippen LogP) is 4.67. The van der Waals surface area contributed by atoms with Crippen molar-refractivity contribution in [2.24, 2.45) is 0 Å². The number of carboxylic acids is 1. The number of carboxylic acid groups (broad SMARTS) is 1. The molecule has 102 valence electrons. The summed E-state index contributed by atoms with van der Waals surface area (Å²) in [6, 6.07) is 1.04. The number of unbranched alkanes of at least 4 members (excludes halogenated alkanes) is 8. The Balaban J connectivity index is 2.96. The molecule has 0 aromatic heterocycles. The highest BCUT2D eigenvalue weighted by molar-refractivity contribution is 7.33. The minimum atomic E-state index is -1.36. The maximum atomic E-state index is 10.3. The van der Waals surface area contributed by atoms with Crippen LogP contribution in [0.1, 0.15) is 64.2 Å². The first-order valence-corrected chi connectivity index (χ1v) is 10.9. The monoisotopic (exact) mass is 298 g/mol. The van der Waals surface area contributed by atoms with Crippen molar-refractivity contribution >= 4 is 35.5 Å². The van der Waals surface area contributed by atoms with E-state index in [4.69, 9.17) is 27.3 Å². The average molecular weight is 299 g/mol. The van der Waals surface area contributed by atoms with Crippen LogP contribution in [0.15, 0.2) is 0 Å². The lowest BCUT2D eigenvalue weighted by molar-refractivity contribution is -0.137. The zero-order valence-corrected chi connectivity index (χ0v) is 13.1. The summed E-state index contributed by atoms with van der Waals surface area (Å²) in [5.41, 5.74) is 0.